The molecule has 0 unspecified atom stereocenters. The first kappa shape index (κ1) is 20.4. The van der Waals surface area contributed by atoms with Crippen molar-refractivity contribution in [2.75, 3.05) is 26.8 Å². The fourth-order valence-corrected chi connectivity index (χ4v) is 4.01. The number of benzene rings is 1. The van der Waals surface area contributed by atoms with E-state index in [0.717, 1.165) is 44.0 Å². The third-order valence-electron chi connectivity index (χ3n) is 5.63. The fourth-order valence-electron chi connectivity index (χ4n) is 4.01. The smallest absolute Gasteiger partial charge is 0.227 e. The van der Waals surface area contributed by atoms with Crippen molar-refractivity contribution in [3.63, 3.8) is 0 Å². The van der Waals surface area contributed by atoms with E-state index < -0.39 is 0 Å². The molecule has 6 nitrogen and oxygen atoms in total. The summed E-state index contributed by atoms with van der Waals surface area (Å²) in [7, 11) is 1.66. The summed E-state index contributed by atoms with van der Waals surface area (Å²) in [5.41, 5.74) is 2.24. The molecule has 2 aliphatic rings. The van der Waals surface area contributed by atoms with Crippen molar-refractivity contribution < 1.29 is 19.1 Å². The molecule has 2 aliphatic heterocycles. The molecular weight excluding hydrogens is 356 g/mol. The number of imide groups is 1. The van der Waals surface area contributed by atoms with Gasteiger partial charge < -0.3 is 9.47 Å². The van der Waals surface area contributed by atoms with Gasteiger partial charge in [-0.05, 0) is 69.0 Å². The molecule has 6 heteroatoms. The first-order valence-corrected chi connectivity index (χ1v) is 9.87. The minimum atomic E-state index is -0.143. The van der Waals surface area contributed by atoms with Crippen LogP contribution in [0.2, 0.25) is 0 Å². The van der Waals surface area contributed by atoms with Crippen LogP contribution in [0.4, 0.5) is 0 Å². The molecule has 2 heterocycles. The molecule has 0 saturated carbocycles. The molecule has 1 N–H and O–H groups in total. The quantitative estimate of drug-likeness (QED) is 0.601. The zero-order chi connectivity index (χ0) is 20.1. The fraction of sp³-hybridized carbons (Fsp3) is 0.545. The number of carbonyl (C=O) groups excluding carboxylic acids is 2. The van der Waals surface area contributed by atoms with Gasteiger partial charge in [-0.1, -0.05) is 11.6 Å². The predicted molar refractivity (Wildman–Crippen MR) is 107 cm³/mol. The van der Waals surface area contributed by atoms with Crippen LogP contribution in [0.15, 0.2) is 29.8 Å². The Hall–Kier alpha value is -2.34. The average Bonchev–Trinajstić information content (AvgIpc) is 2.63. The molecule has 1 aromatic rings. The number of likely N-dealkylation sites (tertiary alicyclic amines) is 1. The molecule has 2 fully saturated rings. The van der Waals surface area contributed by atoms with E-state index in [1.54, 1.807) is 7.11 Å². The summed E-state index contributed by atoms with van der Waals surface area (Å²) in [4.78, 5) is 25.9. The van der Waals surface area contributed by atoms with Gasteiger partial charge in [0.2, 0.25) is 11.8 Å². The number of rotatable bonds is 6. The summed E-state index contributed by atoms with van der Waals surface area (Å²) < 4.78 is 11.3. The zero-order valence-corrected chi connectivity index (χ0v) is 17.0. The van der Waals surface area contributed by atoms with Gasteiger partial charge >= 0.3 is 0 Å². The van der Waals surface area contributed by atoms with E-state index in [4.69, 9.17) is 9.47 Å². The lowest BCUT2D eigenvalue weighted by molar-refractivity contribution is -0.139. The maximum Gasteiger partial charge on any atom is 0.227 e. The molecule has 152 valence electrons. The van der Waals surface area contributed by atoms with Gasteiger partial charge in [-0.3, -0.25) is 19.8 Å². The second kappa shape index (κ2) is 8.78. The minimum absolute atomic E-state index is 0.127. The molecule has 3 rings (SSSR count). The van der Waals surface area contributed by atoms with E-state index in [9.17, 15) is 9.59 Å². The van der Waals surface area contributed by atoms with Gasteiger partial charge in [0.25, 0.3) is 0 Å². The SMILES string of the molecule is COc1cc(CN2CCC3(CC2)CC(=O)NC(=O)C3)ccc1OCC=C(C)C. The topological polar surface area (TPSA) is 67.9 Å². The third kappa shape index (κ3) is 5.13. The highest BCUT2D eigenvalue weighted by molar-refractivity contribution is 5.98. The van der Waals surface area contributed by atoms with Gasteiger partial charge in [-0.15, -0.1) is 0 Å². The first-order valence-electron chi connectivity index (χ1n) is 9.87. The largest absolute Gasteiger partial charge is 0.493 e. The Balaban J connectivity index is 1.58. The highest BCUT2D eigenvalue weighted by Gasteiger charge is 2.41. The standard InChI is InChI=1S/C22H30N2O4/c1-16(2)6-11-28-18-5-4-17(12-19(18)27-3)15-24-9-7-22(8-10-24)13-20(25)23-21(26)14-22/h4-6,12H,7-11,13-15H2,1-3H3,(H,23,25,26). The lowest BCUT2D eigenvalue weighted by Gasteiger charge is -2.43. The summed E-state index contributed by atoms with van der Waals surface area (Å²) in [5.74, 6) is 1.23. The summed E-state index contributed by atoms with van der Waals surface area (Å²) in [6.07, 6.45) is 4.74. The van der Waals surface area contributed by atoms with Crippen LogP contribution >= 0.6 is 0 Å². The van der Waals surface area contributed by atoms with E-state index in [0.29, 0.717) is 19.4 Å². The second-order valence-corrected chi connectivity index (χ2v) is 8.18. The predicted octanol–water partition coefficient (Wildman–Crippen LogP) is 3.06. The first-order chi connectivity index (χ1) is 13.4. The maximum atomic E-state index is 11.8. The van der Waals surface area contributed by atoms with E-state index in [-0.39, 0.29) is 17.2 Å². The molecule has 1 aromatic carbocycles. The number of hydrogen-bond acceptors (Lipinski definition) is 5. The zero-order valence-electron chi connectivity index (χ0n) is 17.0. The highest BCUT2D eigenvalue weighted by Crippen LogP contribution is 2.40. The number of hydrogen-bond donors (Lipinski definition) is 1. The summed E-state index contributed by atoms with van der Waals surface area (Å²) in [6, 6.07) is 6.06. The normalized spacial score (nSPS) is 19.2. The minimum Gasteiger partial charge on any atom is -0.493 e. The highest BCUT2D eigenvalue weighted by atomic mass is 16.5. The van der Waals surface area contributed by atoms with E-state index >= 15 is 0 Å². The Morgan fingerprint density at radius 2 is 1.82 bits per heavy atom. The third-order valence-corrected chi connectivity index (χ3v) is 5.63. The van der Waals surface area contributed by atoms with Crippen LogP contribution in [0.1, 0.15) is 45.1 Å². The average molecular weight is 386 g/mol. The van der Waals surface area contributed by atoms with Gasteiger partial charge in [-0.2, -0.15) is 0 Å². The number of allylic oxidation sites excluding steroid dienone is 1. The number of carbonyl (C=O) groups is 2. The monoisotopic (exact) mass is 386 g/mol. The summed E-state index contributed by atoms with van der Waals surface area (Å²) >= 11 is 0. The van der Waals surface area contributed by atoms with Gasteiger partial charge in [-0.25, -0.2) is 0 Å². The van der Waals surface area contributed by atoms with Crippen molar-refractivity contribution in [1.82, 2.24) is 10.2 Å². The maximum absolute atomic E-state index is 11.8. The van der Waals surface area contributed by atoms with E-state index in [1.807, 2.05) is 32.1 Å². The van der Waals surface area contributed by atoms with Crippen LogP contribution in [-0.4, -0.2) is 43.5 Å². The number of amides is 2. The molecule has 0 radical (unpaired) electrons. The van der Waals surface area contributed by atoms with Crippen LogP contribution in [0.5, 0.6) is 11.5 Å². The summed E-state index contributed by atoms with van der Waals surface area (Å²) in [5, 5.41) is 2.42. The Morgan fingerprint density at radius 1 is 1.14 bits per heavy atom. The molecule has 2 saturated heterocycles. The molecule has 2 amide bonds. The van der Waals surface area contributed by atoms with Crippen molar-refractivity contribution in [2.45, 2.75) is 46.1 Å². The van der Waals surface area contributed by atoms with Crippen LogP contribution in [0.25, 0.3) is 0 Å². The van der Waals surface area contributed by atoms with Crippen molar-refractivity contribution in [3.8, 4) is 11.5 Å². The Bertz CT molecular complexity index is 742. The van der Waals surface area contributed by atoms with Gasteiger partial charge in [0.1, 0.15) is 6.61 Å². The molecular formula is C22H30N2O4. The number of piperidine rings is 2. The van der Waals surface area contributed by atoms with Crippen LogP contribution in [0, 0.1) is 5.41 Å². The van der Waals surface area contributed by atoms with Crippen molar-refractivity contribution in [1.29, 1.82) is 0 Å². The Kier molecular flexibility index (Phi) is 6.39. The van der Waals surface area contributed by atoms with Gasteiger partial charge in [0.05, 0.1) is 7.11 Å². The number of ether oxygens (including phenoxy) is 2. The number of methoxy groups -OCH3 is 1. The van der Waals surface area contributed by atoms with Crippen molar-refractivity contribution >= 4 is 11.8 Å². The molecule has 28 heavy (non-hydrogen) atoms. The van der Waals surface area contributed by atoms with E-state index in [1.165, 1.54) is 11.1 Å². The van der Waals surface area contributed by atoms with E-state index in [2.05, 4.69) is 16.3 Å². The number of nitrogens with one attached hydrogen (secondary N) is 1. The lowest BCUT2D eigenvalue weighted by atomic mass is 9.71. The Morgan fingerprint density at radius 3 is 2.43 bits per heavy atom. The van der Waals surface area contributed by atoms with Crippen molar-refractivity contribution in [2.24, 2.45) is 5.41 Å². The van der Waals surface area contributed by atoms with Crippen molar-refractivity contribution in [3.05, 3.63) is 35.4 Å². The molecule has 0 atom stereocenters. The Labute approximate surface area is 166 Å². The molecule has 0 bridgehead atoms. The van der Waals surface area contributed by atoms with Gasteiger partial charge in [0, 0.05) is 19.4 Å². The molecule has 0 aliphatic carbocycles. The lowest BCUT2D eigenvalue weighted by Crippen LogP contribution is -2.49. The van der Waals surface area contributed by atoms with Gasteiger partial charge in [0.15, 0.2) is 11.5 Å². The van der Waals surface area contributed by atoms with Crippen LogP contribution in [-0.2, 0) is 16.1 Å². The van der Waals surface area contributed by atoms with Crippen LogP contribution < -0.4 is 14.8 Å². The number of nitrogens with zero attached hydrogens (tertiary/aromatic N) is 1. The second-order valence-electron chi connectivity index (χ2n) is 8.18. The van der Waals surface area contributed by atoms with Crippen LogP contribution in [0.3, 0.4) is 0 Å². The molecule has 0 aromatic heterocycles. The molecule has 1 spiro atoms. The summed E-state index contributed by atoms with van der Waals surface area (Å²) in [6.45, 7) is 7.22.